The molecule has 0 saturated heterocycles. The van der Waals surface area contributed by atoms with Crippen LogP contribution in [0.2, 0.25) is 0 Å². The van der Waals surface area contributed by atoms with Crippen molar-refractivity contribution in [1.29, 1.82) is 0 Å². The van der Waals surface area contributed by atoms with Crippen LogP contribution in [0.1, 0.15) is 13.8 Å². The molecule has 0 aliphatic heterocycles. The molecule has 3 heteroatoms. The zero-order chi connectivity index (χ0) is 8.41. The Morgan fingerprint density at radius 1 is 1.60 bits per heavy atom. The first kappa shape index (κ1) is 11.9. The highest BCUT2D eigenvalue weighted by atomic mass is 16.4. The summed E-state index contributed by atoms with van der Waals surface area (Å²) in [6.07, 6.45) is 0.722. The molecule has 10 heavy (non-hydrogen) atoms. The third-order valence-corrected chi connectivity index (χ3v) is 0.667. The van der Waals surface area contributed by atoms with Crippen LogP contribution >= 0.6 is 0 Å². The topological polar surface area (TPSA) is 52.2 Å². The summed E-state index contributed by atoms with van der Waals surface area (Å²) in [7, 11) is 0. The van der Waals surface area contributed by atoms with Crippen molar-refractivity contribution in [3.05, 3.63) is 12.7 Å². The van der Waals surface area contributed by atoms with Gasteiger partial charge < -0.3 is 15.2 Å². The lowest BCUT2D eigenvalue weighted by molar-refractivity contribution is -0.297. The lowest BCUT2D eigenvalue weighted by atomic mass is 10.7. The van der Waals surface area contributed by atoms with Crippen LogP contribution in [-0.2, 0) is 4.79 Å². The SMILES string of the molecule is C=CC(=O)[O-].CCNCC. The first-order chi connectivity index (χ1) is 4.68. The Morgan fingerprint density at radius 3 is 1.90 bits per heavy atom. The van der Waals surface area contributed by atoms with Gasteiger partial charge in [0, 0.05) is 0 Å². The molecule has 0 bridgehead atoms. The van der Waals surface area contributed by atoms with Crippen molar-refractivity contribution in [3.8, 4) is 0 Å². The summed E-state index contributed by atoms with van der Waals surface area (Å²) < 4.78 is 0. The van der Waals surface area contributed by atoms with Gasteiger partial charge in [-0.25, -0.2) is 0 Å². The molecule has 0 aromatic rings. The van der Waals surface area contributed by atoms with Gasteiger partial charge in [-0.05, 0) is 19.2 Å². The van der Waals surface area contributed by atoms with Gasteiger partial charge in [0.25, 0.3) is 0 Å². The maximum Gasteiger partial charge on any atom is 0.0636 e. The minimum absolute atomic E-state index is 0.722. The second-order valence-corrected chi connectivity index (χ2v) is 1.48. The normalized spacial score (nSPS) is 7.40. The highest BCUT2D eigenvalue weighted by Gasteiger charge is 1.62. The molecule has 0 rings (SSSR count). The predicted octanol–water partition coefficient (Wildman–Crippen LogP) is -0.462. The van der Waals surface area contributed by atoms with Gasteiger partial charge in [-0.2, -0.15) is 0 Å². The van der Waals surface area contributed by atoms with Gasteiger partial charge >= 0.3 is 0 Å². The van der Waals surface area contributed by atoms with Crippen molar-refractivity contribution in [2.24, 2.45) is 0 Å². The van der Waals surface area contributed by atoms with E-state index in [1.54, 1.807) is 0 Å². The molecular weight excluding hydrogens is 130 g/mol. The Balaban J connectivity index is 0. The smallest absolute Gasteiger partial charge is 0.0636 e. The molecule has 3 nitrogen and oxygen atoms in total. The molecule has 0 radical (unpaired) electrons. The molecule has 0 heterocycles. The number of carboxylic acid groups (broad SMARTS) is 1. The third kappa shape index (κ3) is 27.2. The monoisotopic (exact) mass is 144 g/mol. The lowest BCUT2D eigenvalue weighted by Crippen LogP contribution is -2.17. The van der Waals surface area contributed by atoms with Crippen LogP contribution < -0.4 is 10.4 Å². The van der Waals surface area contributed by atoms with Crippen LogP contribution in [0.3, 0.4) is 0 Å². The van der Waals surface area contributed by atoms with E-state index in [0.717, 1.165) is 19.2 Å². The molecule has 0 atom stereocenters. The second-order valence-electron chi connectivity index (χ2n) is 1.48. The van der Waals surface area contributed by atoms with E-state index in [9.17, 15) is 0 Å². The van der Waals surface area contributed by atoms with E-state index in [-0.39, 0.29) is 0 Å². The van der Waals surface area contributed by atoms with Crippen molar-refractivity contribution >= 4 is 5.97 Å². The van der Waals surface area contributed by atoms with Crippen LogP contribution in [-0.4, -0.2) is 19.1 Å². The first-order valence-electron chi connectivity index (χ1n) is 3.23. The van der Waals surface area contributed by atoms with Crippen molar-refractivity contribution in [1.82, 2.24) is 5.32 Å². The number of carboxylic acids is 1. The van der Waals surface area contributed by atoms with Crippen molar-refractivity contribution in [2.75, 3.05) is 13.1 Å². The summed E-state index contributed by atoms with van der Waals surface area (Å²) in [5, 5.41) is 12.2. The highest BCUT2D eigenvalue weighted by Crippen LogP contribution is 1.47. The van der Waals surface area contributed by atoms with Gasteiger partial charge in [-0.15, -0.1) is 0 Å². The predicted molar refractivity (Wildman–Crippen MR) is 39.4 cm³/mol. The Kier molecular flexibility index (Phi) is 13.1. The number of hydrogen-bond donors (Lipinski definition) is 1. The molecule has 0 aliphatic rings. The minimum atomic E-state index is -1.23. The number of aliphatic carboxylic acids is 1. The molecule has 0 spiro atoms. The molecule has 0 saturated carbocycles. The lowest BCUT2D eigenvalue weighted by Gasteiger charge is -1.86. The Labute approximate surface area is 61.8 Å². The Bertz CT molecular complexity index is 89.6. The molecule has 0 aliphatic carbocycles. The van der Waals surface area contributed by atoms with Gasteiger partial charge in [-0.1, -0.05) is 20.4 Å². The molecule has 0 aromatic heterocycles. The van der Waals surface area contributed by atoms with E-state index in [1.165, 1.54) is 0 Å². The summed E-state index contributed by atoms with van der Waals surface area (Å²) >= 11 is 0. The van der Waals surface area contributed by atoms with Gasteiger partial charge in [0.15, 0.2) is 0 Å². The largest absolute Gasteiger partial charge is 0.545 e. The van der Waals surface area contributed by atoms with E-state index in [0.29, 0.717) is 0 Å². The van der Waals surface area contributed by atoms with E-state index in [2.05, 4.69) is 25.7 Å². The fourth-order valence-electron chi connectivity index (χ4n) is 0.250. The number of nitrogens with one attached hydrogen (secondary N) is 1. The zero-order valence-corrected chi connectivity index (χ0v) is 6.52. The fraction of sp³-hybridized carbons (Fsp3) is 0.571. The van der Waals surface area contributed by atoms with Crippen molar-refractivity contribution in [2.45, 2.75) is 13.8 Å². The van der Waals surface area contributed by atoms with Crippen LogP contribution in [0.25, 0.3) is 0 Å². The number of rotatable bonds is 3. The van der Waals surface area contributed by atoms with E-state index in [1.807, 2.05) is 0 Å². The third-order valence-electron chi connectivity index (χ3n) is 0.667. The fourth-order valence-corrected chi connectivity index (χ4v) is 0.250. The number of hydrogen-bond acceptors (Lipinski definition) is 3. The quantitative estimate of drug-likeness (QED) is 0.545. The Hall–Kier alpha value is -0.830. The van der Waals surface area contributed by atoms with Gasteiger partial charge in [-0.3, -0.25) is 0 Å². The first-order valence-corrected chi connectivity index (χ1v) is 3.23. The molecular formula is C7H14NO2-. The highest BCUT2D eigenvalue weighted by molar-refractivity contribution is 5.76. The maximum atomic E-state index is 9.14. The van der Waals surface area contributed by atoms with Crippen LogP contribution in [0.5, 0.6) is 0 Å². The summed E-state index contributed by atoms with van der Waals surface area (Å²) in [4.78, 5) is 9.14. The van der Waals surface area contributed by atoms with Gasteiger partial charge in [0.05, 0.1) is 5.97 Å². The van der Waals surface area contributed by atoms with E-state index >= 15 is 0 Å². The van der Waals surface area contributed by atoms with Crippen LogP contribution in [0.4, 0.5) is 0 Å². The Morgan fingerprint density at radius 2 is 1.90 bits per heavy atom. The average Bonchev–Trinajstić information content (AvgIpc) is 1.91. The summed E-state index contributed by atoms with van der Waals surface area (Å²) in [6.45, 7) is 9.29. The summed E-state index contributed by atoms with van der Waals surface area (Å²) in [5.41, 5.74) is 0. The van der Waals surface area contributed by atoms with Crippen molar-refractivity contribution in [3.63, 3.8) is 0 Å². The zero-order valence-electron chi connectivity index (χ0n) is 6.52. The van der Waals surface area contributed by atoms with E-state index in [4.69, 9.17) is 9.90 Å². The molecule has 1 N–H and O–H groups in total. The van der Waals surface area contributed by atoms with Gasteiger partial charge in [0.1, 0.15) is 0 Å². The summed E-state index contributed by atoms with van der Waals surface area (Å²) in [5.74, 6) is -1.23. The minimum Gasteiger partial charge on any atom is -0.545 e. The van der Waals surface area contributed by atoms with Crippen molar-refractivity contribution < 1.29 is 9.90 Å². The molecule has 0 unspecified atom stereocenters. The van der Waals surface area contributed by atoms with Crippen LogP contribution in [0.15, 0.2) is 12.7 Å². The second kappa shape index (κ2) is 11.0. The van der Waals surface area contributed by atoms with Gasteiger partial charge in [0.2, 0.25) is 0 Å². The van der Waals surface area contributed by atoms with E-state index < -0.39 is 5.97 Å². The molecule has 0 aromatic carbocycles. The molecule has 0 fully saturated rings. The summed E-state index contributed by atoms with van der Waals surface area (Å²) in [6, 6.07) is 0. The number of carbonyl (C=O) groups is 1. The standard InChI is InChI=1S/C4H11N.C3H4O2/c1-3-5-4-2;1-2-3(4)5/h5H,3-4H2,1-2H3;2H,1H2,(H,4,5)/p-1. The average molecular weight is 144 g/mol. The molecule has 0 amide bonds. The maximum absolute atomic E-state index is 9.14. The molecule has 60 valence electrons. The van der Waals surface area contributed by atoms with Crippen LogP contribution in [0, 0.1) is 0 Å². The number of carbonyl (C=O) groups excluding carboxylic acids is 1.